The van der Waals surface area contributed by atoms with E-state index in [1.807, 2.05) is 0 Å². The van der Waals surface area contributed by atoms with Crippen LogP contribution < -0.4 is 4.72 Å². The molecule has 1 saturated heterocycles. The normalized spacial score (nSPS) is 17.9. The van der Waals surface area contributed by atoms with Crippen molar-refractivity contribution < 1.29 is 26.3 Å². The van der Waals surface area contributed by atoms with E-state index in [9.17, 15) is 21.6 Å². The van der Waals surface area contributed by atoms with Crippen LogP contribution in [-0.2, 0) is 21.1 Å². The lowest BCUT2D eigenvalue weighted by atomic mass is 10.2. The molecule has 5 nitrogen and oxygen atoms in total. The minimum absolute atomic E-state index is 0.0875. The molecule has 0 saturated carbocycles. The van der Waals surface area contributed by atoms with Gasteiger partial charge in [0, 0.05) is 18.8 Å². The number of benzene rings is 1. The minimum Gasteiger partial charge on any atom is -0.379 e. The minimum atomic E-state index is -4.44. The Balaban J connectivity index is 2.09. The number of hydrogen-bond acceptors (Lipinski definition) is 3. The van der Waals surface area contributed by atoms with E-state index < -0.39 is 21.9 Å². The number of nitrogens with zero attached hydrogens (tertiary/aromatic N) is 1. The number of rotatable bonds is 3. The molecule has 2 rings (SSSR count). The summed E-state index contributed by atoms with van der Waals surface area (Å²) in [4.78, 5) is 0. The Morgan fingerprint density at radius 1 is 1.10 bits per heavy atom. The molecule has 1 aromatic rings. The van der Waals surface area contributed by atoms with E-state index >= 15 is 0 Å². The van der Waals surface area contributed by atoms with Crippen molar-refractivity contribution in [3.63, 3.8) is 0 Å². The van der Waals surface area contributed by atoms with Gasteiger partial charge in [0.15, 0.2) is 0 Å². The van der Waals surface area contributed by atoms with Gasteiger partial charge >= 0.3 is 16.4 Å². The summed E-state index contributed by atoms with van der Waals surface area (Å²) in [5.41, 5.74) is -0.740. The van der Waals surface area contributed by atoms with Gasteiger partial charge in [0.25, 0.3) is 0 Å². The highest BCUT2D eigenvalue weighted by Gasteiger charge is 2.30. The third-order valence-corrected chi connectivity index (χ3v) is 4.31. The van der Waals surface area contributed by atoms with Gasteiger partial charge in [0.05, 0.1) is 18.8 Å². The molecule has 0 aromatic heterocycles. The fraction of sp³-hybridized carbons (Fsp3) is 0.455. The largest absolute Gasteiger partial charge is 0.416 e. The van der Waals surface area contributed by atoms with Gasteiger partial charge in [-0.2, -0.15) is 25.9 Å². The highest BCUT2D eigenvalue weighted by Crippen LogP contribution is 2.30. The monoisotopic (exact) mass is 310 g/mol. The standard InChI is InChI=1S/C11H13F3N2O3S/c12-11(13,14)9-1-3-10(4-2-9)15-20(17,18)16-5-7-19-8-6-16/h1-4,15H,5-8H2. The fourth-order valence-electron chi connectivity index (χ4n) is 1.73. The number of anilines is 1. The number of hydrogen-bond donors (Lipinski definition) is 1. The molecule has 1 N–H and O–H groups in total. The van der Waals surface area contributed by atoms with E-state index in [4.69, 9.17) is 4.74 Å². The van der Waals surface area contributed by atoms with Crippen LogP contribution in [0.15, 0.2) is 24.3 Å². The molecule has 0 spiro atoms. The lowest BCUT2D eigenvalue weighted by molar-refractivity contribution is -0.137. The average Bonchev–Trinajstić information content (AvgIpc) is 2.39. The Morgan fingerprint density at radius 3 is 2.15 bits per heavy atom. The first-order chi connectivity index (χ1) is 9.29. The van der Waals surface area contributed by atoms with Gasteiger partial charge in [-0.15, -0.1) is 0 Å². The first-order valence-corrected chi connectivity index (χ1v) is 7.26. The topological polar surface area (TPSA) is 58.6 Å². The first kappa shape index (κ1) is 15.1. The quantitative estimate of drug-likeness (QED) is 0.924. The predicted octanol–water partition coefficient (Wildman–Crippen LogP) is 1.69. The summed E-state index contributed by atoms with van der Waals surface area (Å²) in [6, 6.07) is 3.83. The van der Waals surface area contributed by atoms with Crippen molar-refractivity contribution in [2.24, 2.45) is 0 Å². The highest BCUT2D eigenvalue weighted by molar-refractivity contribution is 7.90. The van der Waals surface area contributed by atoms with Crippen LogP contribution in [0.1, 0.15) is 5.56 Å². The van der Waals surface area contributed by atoms with E-state index in [0.717, 1.165) is 24.3 Å². The predicted molar refractivity (Wildman–Crippen MR) is 66.4 cm³/mol. The Hall–Kier alpha value is -1.32. The molecular formula is C11H13F3N2O3S. The SMILES string of the molecule is O=S(=O)(Nc1ccc(C(F)(F)F)cc1)N1CCOCC1. The van der Waals surface area contributed by atoms with Crippen molar-refractivity contribution in [2.45, 2.75) is 6.18 Å². The van der Waals surface area contributed by atoms with Crippen LogP contribution in [0.25, 0.3) is 0 Å². The second kappa shape index (κ2) is 5.58. The van der Waals surface area contributed by atoms with Crippen LogP contribution >= 0.6 is 0 Å². The van der Waals surface area contributed by atoms with E-state index in [1.165, 1.54) is 4.31 Å². The van der Waals surface area contributed by atoms with Crippen LogP contribution in [0.2, 0.25) is 0 Å². The molecule has 0 amide bonds. The van der Waals surface area contributed by atoms with Crippen LogP contribution in [0.4, 0.5) is 18.9 Å². The Kier molecular flexibility index (Phi) is 4.21. The number of alkyl halides is 3. The van der Waals surface area contributed by atoms with Crippen molar-refractivity contribution in [2.75, 3.05) is 31.0 Å². The summed E-state index contributed by atoms with van der Waals surface area (Å²) in [6.07, 6.45) is -4.44. The van der Waals surface area contributed by atoms with Gasteiger partial charge in [0.2, 0.25) is 0 Å². The summed E-state index contributed by atoms with van der Waals surface area (Å²) >= 11 is 0. The Bertz CT molecular complexity index is 551. The van der Waals surface area contributed by atoms with Crippen molar-refractivity contribution in [3.8, 4) is 0 Å². The summed E-state index contributed by atoms with van der Waals surface area (Å²) in [5.74, 6) is 0. The molecule has 0 aliphatic carbocycles. The molecule has 1 heterocycles. The Morgan fingerprint density at radius 2 is 1.65 bits per heavy atom. The van der Waals surface area contributed by atoms with Gasteiger partial charge in [0.1, 0.15) is 0 Å². The highest BCUT2D eigenvalue weighted by atomic mass is 32.2. The van der Waals surface area contributed by atoms with Gasteiger partial charge in [-0.25, -0.2) is 0 Å². The zero-order valence-corrected chi connectivity index (χ0v) is 11.2. The molecule has 1 aliphatic rings. The molecule has 0 atom stereocenters. The van der Waals surface area contributed by atoms with E-state index in [1.54, 1.807) is 0 Å². The van der Waals surface area contributed by atoms with Crippen molar-refractivity contribution in [1.29, 1.82) is 0 Å². The molecule has 112 valence electrons. The molecule has 20 heavy (non-hydrogen) atoms. The maximum absolute atomic E-state index is 12.4. The van der Waals surface area contributed by atoms with Gasteiger partial charge in [-0.1, -0.05) is 0 Å². The number of ether oxygens (including phenoxy) is 1. The summed E-state index contributed by atoms with van der Waals surface area (Å²) in [7, 11) is -3.76. The van der Waals surface area contributed by atoms with E-state index in [0.29, 0.717) is 13.2 Å². The van der Waals surface area contributed by atoms with Crippen LogP contribution in [0, 0.1) is 0 Å². The summed E-state index contributed by atoms with van der Waals surface area (Å²) in [6.45, 7) is 1.04. The van der Waals surface area contributed by atoms with E-state index in [-0.39, 0.29) is 18.8 Å². The smallest absolute Gasteiger partial charge is 0.379 e. The zero-order chi connectivity index (χ0) is 14.8. The Labute approximate surface area is 114 Å². The summed E-state index contributed by atoms with van der Waals surface area (Å²) in [5, 5.41) is 0. The molecule has 0 unspecified atom stereocenters. The maximum Gasteiger partial charge on any atom is 0.416 e. The molecule has 1 fully saturated rings. The van der Waals surface area contributed by atoms with Crippen molar-refractivity contribution in [1.82, 2.24) is 4.31 Å². The number of morpholine rings is 1. The van der Waals surface area contributed by atoms with Gasteiger partial charge in [-0.3, -0.25) is 4.72 Å². The van der Waals surface area contributed by atoms with Crippen LogP contribution in [0.3, 0.4) is 0 Å². The second-order valence-corrected chi connectivity index (χ2v) is 5.86. The third kappa shape index (κ3) is 3.62. The molecule has 1 aliphatic heterocycles. The lowest BCUT2D eigenvalue weighted by Crippen LogP contribution is -2.43. The molecule has 0 radical (unpaired) electrons. The molecular weight excluding hydrogens is 297 g/mol. The van der Waals surface area contributed by atoms with Gasteiger partial charge in [-0.05, 0) is 24.3 Å². The zero-order valence-electron chi connectivity index (χ0n) is 10.4. The molecule has 9 heteroatoms. The second-order valence-electron chi connectivity index (χ2n) is 4.19. The van der Waals surface area contributed by atoms with Gasteiger partial charge < -0.3 is 4.74 Å². The molecule has 1 aromatic carbocycles. The van der Waals surface area contributed by atoms with E-state index in [2.05, 4.69) is 4.72 Å². The number of halogens is 3. The van der Waals surface area contributed by atoms with Crippen LogP contribution in [-0.4, -0.2) is 39.0 Å². The number of nitrogens with one attached hydrogen (secondary N) is 1. The molecule has 0 bridgehead atoms. The van der Waals surface area contributed by atoms with Crippen molar-refractivity contribution >= 4 is 15.9 Å². The first-order valence-electron chi connectivity index (χ1n) is 5.82. The van der Waals surface area contributed by atoms with Crippen LogP contribution in [0.5, 0.6) is 0 Å². The third-order valence-electron chi connectivity index (χ3n) is 2.77. The fourth-order valence-corrected chi connectivity index (χ4v) is 2.92. The maximum atomic E-state index is 12.4. The summed E-state index contributed by atoms with van der Waals surface area (Å²) < 4.78 is 69.6. The van der Waals surface area contributed by atoms with Crippen molar-refractivity contribution in [3.05, 3.63) is 29.8 Å². The average molecular weight is 310 g/mol. The lowest BCUT2D eigenvalue weighted by Gasteiger charge is -2.26.